The molecule has 0 aliphatic heterocycles. The molecule has 2 aromatic carbocycles. The number of carbonyl (C=O) groups is 1. The predicted molar refractivity (Wildman–Crippen MR) is 73.4 cm³/mol. The van der Waals surface area contributed by atoms with E-state index < -0.39 is 0 Å². The number of benzene rings is 2. The van der Waals surface area contributed by atoms with Crippen molar-refractivity contribution in [1.29, 1.82) is 0 Å². The Morgan fingerprint density at radius 1 is 1.11 bits per heavy atom. The van der Waals surface area contributed by atoms with E-state index >= 15 is 0 Å². The smallest absolute Gasteiger partial charge is 0.224 e. The quantitative estimate of drug-likeness (QED) is 0.912. The van der Waals surface area contributed by atoms with Crippen LogP contribution in [0.1, 0.15) is 11.1 Å². The molecule has 2 aromatic rings. The summed E-state index contributed by atoms with van der Waals surface area (Å²) >= 11 is 5.85. The molecule has 19 heavy (non-hydrogen) atoms. The van der Waals surface area contributed by atoms with E-state index in [0.29, 0.717) is 11.6 Å². The van der Waals surface area contributed by atoms with E-state index in [9.17, 15) is 9.18 Å². The molecule has 0 aliphatic rings. The van der Waals surface area contributed by atoms with Crippen molar-refractivity contribution >= 4 is 17.5 Å². The van der Waals surface area contributed by atoms with Crippen LogP contribution in [0.2, 0.25) is 5.02 Å². The molecule has 1 N–H and O–H groups in total. The first-order chi connectivity index (χ1) is 9.13. The molecule has 0 radical (unpaired) electrons. The number of halogens is 2. The monoisotopic (exact) mass is 277 g/mol. The standard InChI is InChI=1S/C15H13ClFNO/c16-13-3-1-2-12(8-13)9-15(19)18-10-11-4-6-14(17)7-5-11/h1-8H,9-10H2,(H,18,19). The molecule has 0 aliphatic carbocycles. The highest BCUT2D eigenvalue weighted by Crippen LogP contribution is 2.11. The summed E-state index contributed by atoms with van der Waals surface area (Å²) in [6.45, 7) is 0.389. The second kappa shape index (κ2) is 6.34. The lowest BCUT2D eigenvalue weighted by Gasteiger charge is -2.06. The van der Waals surface area contributed by atoms with Gasteiger partial charge in [-0.25, -0.2) is 4.39 Å². The third kappa shape index (κ3) is 4.38. The number of rotatable bonds is 4. The van der Waals surface area contributed by atoms with Gasteiger partial charge in [-0.05, 0) is 35.4 Å². The molecule has 0 saturated heterocycles. The lowest BCUT2D eigenvalue weighted by atomic mass is 10.1. The minimum atomic E-state index is -0.283. The van der Waals surface area contributed by atoms with Gasteiger partial charge in [0.2, 0.25) is 5.91 Å². The fourth-order valence-corrected chi connectivity index (χ4v) is 1.91. The third-order valence-electron chi connectivity index (χ3n) is 2.66. The van der Waals surface area contributed by atoms with Crippen LogP contribution in [0.4, 0.5) is 4.39 Å². The van der Waals surface area contributed by atoms with Crippen molar-refractivity contribution in [3.63, 3.8) is 0 Å². The Hall–Kier alpha value is -1.87. The van der Waals surface area contributed by atoms with E-state index in [1.54, 1.807) is 24.3 Å². The maximum Gasteiger partial charge on any atom is 0.224 e. The van der Waals surface area contributed by atoms with Gasteiger partial charge in [-0.1, -0.05) is 35.9 Å². The summed E-state index contributed by atoms with van der Waals surface area (Å²) in [6.07, 6.45) is 0.280. The van der Waals surface area contributed by atoms with Crippen molar-refractivity contribution in [2.75, 3.05) is 0 Å². The van der Waals surface area contributed by atoms with Gasteiger partial charge in [0, 0.05) is 11.6 Å². The van der Waals surface area contributed by atoms with Crippen LogP contribution in [-0.4, -0.2) is 5.91 Å². The van der Waals surface area contributed by atoms with Crippen LogP contribution < -0.4 is 5.32 Å². The average Bonchev–Trinajstić information content (AvgIpc) is 2.38. The van der Waals surface area contributed by atoms with Crippen molar-refractivity contribution in [3.05, 3.63) is 70.5 Å². The number of hydrogen-bond donors (Lipinski definition) is 1. The van der Waals surface area contributed by atoms with Crippen LogP contribution in [-0.2, 0) is 17.8 Å². The molecule has 0 heterocycles. The predicted octanol–water partition coefficient (Wildman–Crippen LogP) is 3.34. The zero-order chi connectivity index (χ0) is 13.7. The molecule has 0 saturated carbocycles. The Bertz CT molecular complexity index is 569. The van der Waals surface area contributed by atoms with E-state index in [4.69, 9.17) is 11.6 Å². The van der Waals surface area contributed by atoms with Gasteiger partial charge in [0.1, 0.15) is 5.82 Å². The Kier molecular flexibility index (Phi) is 4.53. The minimum Gasteiger partial charge on any atom is -0.352 e. The molecule has 0 atom stereocenters. The Labute approximate surface area is 116 Å². The molecule has 0 unspecified atom stereocenters. The Morgan fingerprint density at radius 2 is 1.84 bits per heavy atom. The number of hydrogen-bond acceptors (Lipinski definition) is 1. The van der Waals surface area contributed by atoms with E-state index in [2.05, 4.69) is 5.32 Å². The van der Waals surface area contributed by atoms with Crippen LogP contribution >= 0.6 is 11.6 Å². The van der Waals surface area contributed by atoms with Crippen molar-refractivity contribution in [2.24, 2.45) is 0 Å². The summed E-state index contributed by atoms with van der Waals surface area (Å²) in [5, 5.41) is 3.40. The van der Waals surface area contributed by atoms with Gasteiger partial charge in [-0.3, -0.25) is 4.79 Å². The van der Waals surface area contributed by atoms with Gasteiger partial charge in [0.25, 0.3) is 0 Å². The van der Waals surface area contributed by atoms with E-state index in [-0.39, 0.29) is 18.1 Å². The molecule has 1 amide bonds. The van der Waals surface area contributed by atoms with Crippen LogP contribution in [0.15, 0.2) is 48.5 Å². The molecule has 0 bridgehead atoms. The molecular weight excluding hydrogens is 265 g/mol. The van der Waals surface area contributed by atoms with E-state index in [0.717, 1.165) is 11.1 Å². The molecule has 2 nitrogen and oxygen atoms in total. The van der Waals surface area contributed by atoms with Gasteiger partial charge >= 0.3 is 0 Å². The number of amides is 1. The summed E-state index contributed by atoms with van der Waals surface area (Å²) in [6, 6.07) is 13.2. The summed E-state index contributed by atoms with van der Waals surface area (Å²) in [7, 11) is 0. The highest BCUT2D eigenvalue weighted by atomic mass is 35.5. The molecule has 4 heteroatoms. The van der Waals surface area contributed by atoms with Gasteiger partial charge in [-0.2, -0.15) is 0 Å². The SMILES string of the molecule is O=C(Cc1cccc(Cl)c1)NCc1ccc(F)cc1. The fourth-order valence-electron chi connectivity index (χ4n) is 1.70. The Balaban J connectivity index is 1.86. The number of nitrogens with one attached hydrogen (secondary N) is 1. The van der Waals surface area contributed by atoms with Gasteiger partial charge < -0.3 is 5.32 Å². The first-order valence-electron chi connectivity index (χ1n) is 5.89. The van der Waals surface area contributed by atoms with Gasteiger partial charge in [-0.15, -0.1) is 0 Å². The van der Waals surface area contributed by atoms with E-state index in [1.807, 2.05) is 12.1 Å². The lowest BCUT2D eigenvalue weighted by Crippen LogP contribution is -2.24. The normalized spacial score (nSPS) is 10.2. The van der Waals surface area contributed by atoms with Crippen LogP contribution in [0.5, 0.6) is 0 Å². The minimum absolute atomic E-state index is 0.0911. The maximum absolute atomic E-state index is 12.7. The van der Waals surface area contributed by atoms with Crippen molar-refractivity contribution in [1.82, 2.24) is 5.32 Å². The first kappa shape index (κ1) is 13.6. The zero-order valence-corrected chi connectivity index (χ0v) is 11.0. The van der Waals surface area contributed by atoms with Gasteiger partial charge in [0.05, 0.1) is 6.42 Å². The average molecular weight is 278 g/mol. The van der Waals surface area contributed by atoms with E-state index in [1.165, 1.54) is 12.1 Å². The zero-order valence-electron chi connectivity index (χ0n) is 10.2. The molecular formula is C15H13ClFNO. The van der Waals surface area contributed by atoms with Crippen molar-refractivity contribution < 1.29 is 9.18 Å². The molecule has 98 valence electrons. The second-order valence-corrected chi connectivity index (χ2v) is 4.65. The molecule has 0 spiro atoms. The highest BCUT2D eigenvalue weighted by Gasteiger charge is 2.04. The third-order valence-corrected chi connectivity index (χ3v) is 2.89. The molecule has 0 fully saturated rings. The summed E-state index contributed by atoms with van der Waals surface area (Å²) < 4.78 is 12.7. The lowest BCUT2D eigenvalue weighted by molar-refractivity contribution is -0.120. The second-order valence-electron chi connectivity index (χ2n) is 4.21. The van der Waals surface area contributed by atoms with Crippen LogP contribution in [0, 0.1) is 5.82 Å². The van der Waals surface area contributed by atoms with Crippen molar-refractivity contribution in [3.8, 4) is 0 Å². The highest BCUT2D eigenvalue weighted by molar-refractivity contribution is 6.30. The summed E-state index contributed by atoms with van der Waals surface area (Å²) in [5.41, 5.74) is 1.73. The maximum atomic E-state index is 12.7. The largest absolute Gasteiger partial charge is 0.352 e. The number of carbonyl (C=O) groups excluding carboxylic acids is 1. The van der Waals surface area contributed by atoms with Crippen molar-refractivity contribution in [2.45, 2.75) is 13.0 Å². The molecule has 2 rings (SSSR count). The fraction of sp³-hybridized carbons (Fsp3) is 0.133. The summed E-state index contributed by atoms with van der Waals surface area (Å²) in [5.74, 6) is -0.374. The van der Waals surface area contributed by atoms with Crippen LogP contribution in [0.3, 0.4) is 0 Å². The molecule has 0 aromatic heterocycles. The Morgan fingerprint density at radius 3 is 2.53 bits per heavy atom. The topological polar surface area (TPSA) is 29.1 Å². The van der Waals surface area contributed by atoms with Crippen LogP contribution in [0.25, 0.3) is 0 Å². The first-order valence-corrected chi connectivity index (χ1v) is 6.27. The summed E-state index contributed by atoms with van der Waals surface area (Å²) in [4.78, 5) is 11.7. The van der Waals surface area contributed by atoms with Gasteiger partial charge in [0.15, 0.2) is 0 Å².